The van der Waals surface area contributed by atoms with Crippen molar-refractivity contribution < 1.29 is 19.1 Å². The van der Waals surface area contributed by atoms with Gasteiger partial charge in [0.2, 0.25) is 5.91 Å². The van der Waals surface area contributed by atoms with Crippen LogP contribution in [0.15, 0.2) is 24.3 Å². The molecule has 1 atom stereocenters. The van der Waals surface area contributed by atoms with Crippen LogP contribution in [-0.4, -0.2) is 59.5 Å². The molecule has 0 bridgehead atoms. The molecule has 2 heterocycles. The third-order valence-electron chi connectivity index (χ3n) is 5.60. The van der Waals surface area contributed by atoms with Crippen LogP contribution < -0.4 is 0 Å². The SMILES string of the molecule is CC(=O)N1CC(CO)C2(CCN(C(=O)c3cccc(F)c3)CC2)C1. The molecule has 0 radical (unpaired) electrons. The highest BCUT2D eigenvalue weighted by Crippen LogP contribution is 2.44. The van der Waals surface area contributed by atoms with Crippen molar-refractivity contribution in [1.82, 2.24) is 9.80 Å². The van der Waals surface area contributed by atoms with Gasteiger partial charge in [-0.2, -0.15) is 0 Å². The highest BCUT2D eigenvalue weighted by molar-refractivity contribution is 5.94. The number of benzene rings is 1. The smallest absolute Gasteiger partial charge is 0.253 e. The minimum Gasteiger partial charge on any atom is -0.396 e. The summed E-state index contributed by atoms with van der Waals surface area (Å²) in [5.74, 6) is -0.481. The number of nitrogens with zero attached hydrogens (tertiary/aromatic N) is 2. The van der Waals surface area contributed by atoms with E-state index in [2.05, 4.69) is 0 Å². The first kappa shape index (κ1) is 16.9. The average Bonchev–Trinajstić information content (AvgIpc) is 2.93. The standard InChI is InChI=1S/C18H23FN2O3/c1-13(23)21-10-15(11-22)18(12-21)5-7-20(8-6-18)17(24)14-3-2-4-16(19)9-14/h2-4,9,15,22H,5-8,10-12H2,1H3. The average molecular weight is 334 g/mol. The Kier molecular flexibility index (Phi) is 4.58. The van der Waals surface area contributed by atoms with Gasteiger partial charge in [-0.3, -0.25) is 9.59 Å². The number of likely N-dealkylation sites (tertiary alicyclic amines) is 2. The highest BCUT2D eigenvalue weighted by Gasteiger charge is 2.48. The molecule has 0 saturated carbocycles. The Bertz CT molecular complexity index is 641. The third-order valence-corrected chi connectivity index (χ3v) is 5.60. The Hall–Kier alpha value is -1.95. The van der Waals surface area contributed by atoms with Gasteiger partial charge in [0, 0.05) is 51.2 Å². The summed E-state index contributed by atoms with van der Waals surface area (Å²) >= 11 is 0. The topological polar surface area (TPSA) is 60.9 Å². The zero-order chi connectivity index (χ0) is 17.3. The fourth-order valence-corrected chi connectivity index (χ4v) is 4.05. The molecule has 5 nitrogen and oxygen atoms in total. The summed E-state index contributed by atoms with van der Waals surface area (Å²) in [6, 6.07) is 5.75. The van der Waals surface area contributed by atoms with E-state index in [1.165, 1.54) is 18.2 Å². The van der Waals surface area contributed by atoms with Crippen LogP contribution in [0.1, 0.15) is 30.1 Å². The number of aliphatic hydroxyl groups is 1. The van der Waals surface area contributed by atoms with Crippen molar-refractivity contribution in [3.8, 4) is 0 Å². The monoisotopic (exact) mass is 334 g/mol. The van der Waals surface area contributed by atoms with E-state index in [1.54, 1.807) is 22.8 Å². The Labute approximate surface area is 141 Å². The van der Waals surface area contributed by atoms with Crippen LogP contribution in [0.25, 0.3) is 0 Å². The Morgan fingerprint density at radius 3 is 2.58 bits per heavy atom. The number of hydrogen-bond acceptors (Lipinski definition) is 3. The van der Waals surface area contributed by atoms with E-state index in [4.69, 9.17) is 0 Å². The molecule has 1 aromatic carbocycles. The first-order valence-corrected chi connectivity index (χ1v) is 8.36. The second kappa shape index (κ2) is 6.51. The Morgan fingerprint density at radius 2 is 2.00 bits per heavy atom. The van der Waals surface area contributed by atoms with Gasteiger partial charge in [-0.15, -0.1) is 0 Å². The molecular weight excluding hydrogens is 311 g/mol. The maximum atomic E-state index is 13.3. The molecule has 2 fully saturated rings. The van der Waals surface area contributed by atoms with Crippen LogP contribution in [0.3, 0.4) is 0 Å². The van der Waals surface area contributed by atoms with Crippen LogP contribution in [0.2, 0.25) is 0 Å². The number of halogens is 1. The number of hydrogen-bond donors (Lipinski definition) is 1. The van der Waals surface area contributed by atoms with Gasteiger partial charge in [0.1, 0.15) is 5.82 Å². The molecule has 2 amide bonds. The van der Waals surface area contributed by atoms with E-state index in [1.807, 2.05) is 0 Å². The number of amides is 2. The molecule has 24 heavy (non-hydrogen) atoms. The summed E-state index contributed by atoms with van der Waals surface area (Å²) in [7, 11) is 0. The van der Waals surface area contributed by atoms with Gasteiger partial charge in [0.05, 0.1) is 0 Å². The molecule has 2 aliphatic heterocycles. The first-order chi connectivity index (χ1) is 11.4. The van der Waals surface area contributed by atoms with Crippen LogP contribution in [0.5, 0.6) is 0 Å². The Balaban J connectivity index is 1.69. The van der Waals surface area contributed by atoms with Crippen molar-refractivity contribution in [2.24, 2.45) is 11.3 Å². The lowest BCUT2D eigenvalue weighted by Gasteiger charge is -2.42. The van der Waals surface area contributed by atoms with Gasteiger partial charge < -0.3 is 14.9 Å². The van der Waals surface area contributed by atoms with E-state index < -0.39 is 5.82 Å². The number of aliphatic hydroxyl groups excluding tert-OH is 1. The van der Waals surface area contributed by atoms with Gasteiger partial charge >= 0.3 is 0 Å². The van der Waals surface area contributed by atoms with Gasteiger partial charge in [-0.25, -0.2) is 4.39 Å². The van der Waals surface area contributed by atoms with Crippen molar-refractivity contribution in [3.05, 3.63) is 35.6 Å². The lowest BCUT2D eigenvalue weighted by molar-refractivity contribution is -0.128. The van der Waals surface area contributed by atoms with Crippen molar-refractivity contribution in [2.75, 3.05) is 32.8 Å². The van der Waals surface area contributed by atoms with E-state index in [0.29, 0.717) is 31.7 Å². The van der Waals surface area contributed by atoms with Crippen molar-refractivity contribution in [2.45, 2.75) is 19.8 Å². The zero-order valence-corrected chi connectivity index (χ0v) is 13.9. The minimum atomic E-state index is -0.414. The highest BCUT2D eigenvalue weighted by atomic mass is 19.1. The van der Waals surface area contributed by atoms with Crippen LogP contribution in [-0.2, 0) is 4.79 Å². The summed E-state index contributed by atoms with van der Waals surface area (Å²) < 4.78 is 13.3. The van der Waals surface area contributed by atoms with Crippen LogP contribution in [0, 0.1) is 17.2 Å². The van der Waals surface area contributed by atoms with Crippen molar-refractivity contribution >= 4 is 11.8 Å². The molecule has 1 spiro atoms. The van der Waals surface area contributed by atoms with Gasteiger partial charge in [0.25, 0.3) is 5.91 Å². The molecule has 2 aliphatic rings. The first-order valence-electron chi connectivity index (χ1n) is 8.36. The number of rotatable bonds is 2. The van der Waals surface area contributed by atoms with E-state index >= 15 is 0 Å². The number of piperidine rings is 1. The fraction of sp³-hybridized carbons (Fsp3) is 0.556. The molecule has 1 unspecified atom stereocenters. The molecular formula is C18H23FN2O3. The normalized spacial score (nSPS) is 22.9. The third kappa shape index (κ3) is 3.02. The quantitative estimate of drug-likeness (QED) is 0.892. The molecule has 1 N–H and O–H groups in total. The summed E-state index contributed by atoms with van der Waals surface area (Å²) in [6.07, 6.45) is 1.51. The second-order valence-electron chi connectivity index (χ2n) is 6.94. The number of carbonyl (C=O) groups excluding carboxylic acids is 2. The summed E-state index contributed by atoms with van der Waals surface area (Å²) in [5, 5.41) is 9.71. The van der Waals surface area contributed by atoms with Crippen molar-refractivity contribution in [3.63, 3.8) is 0 Å². The predicted octanol–water partition coefficient (Wildman–Crippen LogP) is 1.52. The predicted molar refractivity (Wildman–Crippen MR) is 86.8 cm³/mol. The van der Waals surface area contributed by atoms with Gasteiger partial charge in [-0.05, 0) is 36.5 Å². The second-order valence-corrected chi connectivity index (χ2v) is 6.94. The van der Waals surface area contributed by atoms with Gasteiger partial charge in [0.15, 0.2) is 0 Å². The number of carbonyl (C=O) groups is 2. The van der Waals surface area contributed by atoms with E-state index in [9.17, 15) is 19.1 Å². The molecule has 130 valence electrons. The molecule has 0 aromatic heterocycles. The van der Waals surface area contributed by atoms with E-state index in [0.717, 1.165) is 12.8 Å². The molecule has 2 saturated heterocycles. The summed E-state index contributed by atoms with van der Waals surface area (Å²) in [6.45, 7) is 3.98. The Morgan fingerprint density at radius 1 is 1.29 bits per heavy atom. The maximum Gasteiger partial charge on any atom is 0.253 e. The van der Waals surface area contributed by atoms with Crippen LogP contribution in [0.4, 0.5) is 4.39 Å². The lowest BCUT2D eigenvalue weighted by atomic mass is 9.71. The van der Waals surface area contributed by atoms with Crippen molar-refractivity contribution in [1.29, 1.82) is 0 Å². The van der Waals surface area contributed by atoms with E-state index in [-0.39, 0.29) is 29.8 Å². The zero-order valence-electron chi connectivity index (χ0n) is 13.9. The van der Waals surface area contributed by atoms with Gasteiger partial charge in [-0.1, -0.05) is 6.07 Å². The maximum absolute atomic E-state index is 13.3. The molecule has 3 rings (SSSR count). The minimum absolute atomic E-state index is 0.0311. The molecule has 6 heteroatoms. The molecule has 1 aromatic rings. The van der Waals surface area contributed by atoms with Crippen LogP contribution >= 0.6 is 0 Å². The fourth-order valence-electron chi connectivity index (χ4n) is 4.05. The largest absolute Gasteiger partial charge is 0.396 e. The molecule has 0 aliphatic carbocycles. The summed E-state index contributed by atoms with van der Waals surface area (Å²) in [4.78, 5) is 27.7. The summed E-state index contributed by atoms with van der Waals surface area (Å²) in [5.41, 5.74) is 0.250. The lowest BCUT2D eigenvalue weighted by Crippen LogP contribution is -2.47.